The summed E-state index contributed by atoms with van der Waals surface area (Å²) >= 11 is 0. The lowest BCUT2D eigenvalue weighted by Crippen LogP contribution is -1.83. The van der Waals surface area contributed by atoms with Gasteiger partial charge in [0.05, 0.1) is 0 Å². The van der Waals surface area contributed by atoms with Crippen LogP contribution in [0.2, 0.25) is 0 Å². The Morgan fingerprint density at radius 1 is 0.522 bits per heavy atom. The van der Waals surface area contributed by atoms with Crippen LogP contribution in [0.4, 0.5) is 0 Å². The van der Waals surface area contributed by atoms with Crippen LogP contribution in [0.25, 0.3) is 22.3 Å². The zero-order valence-corrected chi connectivity index (χ0v) is 13.2. The smallest absolute Gasteiger partial charge is 0.303 e. The molecule has 0 fully saturated rings. The molecule has 0 unspecified atom stereocenters. The zero-order chi connectivity index (χ0) is 16.7. The van der Waals surface area contributed by atoms with Gasteiger partial charge in [0.15, 0.2) is 0 Å². The number of hydrogen-bond donors (Lipinski definition) is 3. The van der Waals surface area contributed by atoms with Gasteiger partial charge in [-0.05, 0) is 22.3 Å². The SMILES string of the molecule is O=P(O)(O)O.c1ccc(-c2ccccc2-c2ccccc2)cc1. The van der Waals surface area contributed by atoms with E-state index in [1.165, 1.54) is 22.3 Å². The molecule has 0 saturated heterocycles. The minimum atomic E-state index is -4.64. The van der Waals surface area contributed by atoms with Crippen molar-refractivity contribution in [2.24, 2.45) is 0 Å². The molecule has 0 saturated carbocycles. The van der Waals surface area contributed by atoms with E-state index in [1.807, 2.05) is 0 Å². The van der Waals surface area contributed by atoms with Crippen LogP contribution in [0.15, 0.2) is 84.9 Å². The molecule has 0 radical (unpaired) electrons. The van der Waals surface area contributed by atoms with E-state index in [0.717, 1.165) is 0 Å². The van der Waals surface area contributed by atoms with Crippen molar-refractivity contribution in [1.29, 1.82) is 0 Å². The van der Waals surface area contributed by atoms with E-state index in [4.69, 9.17) is 19.2 Å². The average molecular weight is 328 g/mol. The quantitative estimate of drug-likeness (QED) is 0.619. The summed E-state index contributed by atoms with van der Waals surface area (Å²) in [6.45, 7) is 0. The third-order valence-electron chi connectivity index (χ3n) is 3.10. The summed E-state index contributed by atoms with van der Waals surface area (Å²) in [5, 5.41) is 0. The Morgan fingerprint density at radius 3 is 1.09 bits per heavy atom. The molecule has 0 aliphatic heterocycles. The van der Waals surface area contributed by atoms with Crippen LogP contribution >= 0.6 is 7.82 Å². The fourth-order valence-electron chi connectivity index (χ4n) is 2.22. The maximum Gasteiger partial charge on any atom is 0.466 e. The van der Waals surface area contributed by atoms with Crippen LogP contribution in [-0.2, 0) is 4.57 Å². The van der Waals surface area contributed by atoms with Gasteiger partial charge in [-0.3, -0.25) is 0 Å². The molecule has 5 heteroatoms. The molecule has 0 aliphatic carbocycles. The lowest BCUT2D eigenvalue weighted by molar-refractivity contribution is 0.275. The summed E-state index contributed by atoms with van der Waals surface area (Å²) < 4.78 is 8.88. The fraction of sp³-hybridized carbons (Fsp3) is 0. The normalized spacial score (nSPS) is 10.6. The molecule has 0 atom stereocenters. The van der Waals surface area contributed by atoms with Crippen molar-refractivity contribution >= 4 is 7.82 Å². The highest BCUT2D eigenvalue weighted by Gasteiger charge is 2.05. The first-order chi connectivity index (χ1) is 10.9. The first-order valence-corrected chi connectivity index (χ1v) is 8.50. The molecule has 3 N–H and O–H groups in total. The van der Waals surface area contributed by atoms with Gasteiger partial charge in [0.2, 0.25) is 0 Å². The minimum Gasteiger partial charge on any atom is -0.303 e. The molecule has 0 aliphatic rings. The molecule has 0 heterocycles. The van der Waals surface area contributed by atoms with Crippen LogP contribution < -0.4 is 0 Å². The fourth-order valence-corrected chi connectivity index (χ4v) is 2.22. The van der Waals surface area contributed by atoms with Crippen LogP contribution in [0.5, 0.6) is 0 Å². The molecule has 23 heavy (non-hydrogen) atoms. The highest BCUT2D eigenvalue weighted by molar-refractivity contribution is 7.45. The molecule has 0 spiro atoms. The van der Waals surface area contributed by atoms with Gasteiger partial charge in [-0.15, -0.1) is 0 Å². The molecule has 0 aromatic heterocycles. The van der Waals surface area contributed by atoms with E-state index in [1.54, 1.807) is 0 Å². The van der Waals surface area contributed by atoms with Gasteiger partial charge >= 0.3 is 7.82 Å². The van der Waals surface area contributed by atoms with E-state index in [-0.39, 0.29) is 0 Å². The first-order valence-electron chi connectivity index (χ1n) is 6.93. The Bertz CT molecular complexity index is 716. The summed E-state index contributed by atoms with van der Waals surface area (Å²) in [6.07, 6.45) is 0. The maximum absolute atomic E-state index is 8.88. The Morgan fingerprint density at radius 2 is 0.783 bits per heavy atom. The summed E-state index contributed by atoms with van der Waals surface area (Å²) in [5.74, 6) is 0. The summed E-state index contributed by atoms with van der Waals surface area (Å²) in [4.78, 5) is 21.6. The highest BCUT2D eigenvalue weighted by atomic mass is 31.2. The molecule has 0 amide bonds. The van der Waals surface area contributed by atoms with Gasteiger partial charge in [0.1, 0.15) is 0 Å². The van der Waals surface area contributed by atoms with E-state index in [2.05, 4.69) is 84.9 Å². The Labute approximate surface area is 134 Å². The topological polar surface area (TPSA) is 77.8 Å². The predicted octanol–water partition coefficient (Wildman–Crippen LogP) is 4.09. The lowest BCUT2D eigenvalue weighted by atomic mass is 9.95. The third kappa shape index (κ3) is 5.81. The van der Waals surface area contributed by atoms with Crippen LogP contribution in [0.1, 0.15) is 0 Å². The summed E-state index contributed by atoms with van der Waals surface area (Å²) in [6, 6.07) is 29.6. The monoisotopic (exact) mass is 328 g/mol. The van der Waals surface area contributed by atoms with E-state index in [9.17, 15) is 0 Å². The van der Waals surface area contributed by atoms with Crippen LogP contribution in [-0.4, -0.2) is 14.7 Å². The molecule has 3 aromatic carbocycles. The average Bonchev–Trinajstić information content (AvgIpc) is 2.55. The van der Waals surface area contributed by atoms with Crippen molar-refractivity contribution in [1.82, 2.24) is 0 Å². The minimum absolute atomic E-state index is 1.26. The Hall–Kier alpha value is -2.23. The second kappa shape index (κ2) is 7.86. The molecular formula is C18H17O4P. The van der Waals surface area contributed by atoms with E-state index in [0.29, 0.717) is 0 Å². The zero-order valence-electron chi connectivity index (χ0n) is 12.3. The molecule has 4 nitrogen and oxygen atoms in total. The second-order valence-corrected chi connectivity index (χ2v) is 5.82. The molecule has 3 rings (SSSR count). The molecule has 3 aromatic rings. The van der Waals surface area contributed by atoms with Gasteiger partial charge in [-0.2, -0.15) is 0 Å². The third-order valence-corrected chi connectivity index (χ3v) is 3.10. The van der Waals surface area contributed by atoms with Crippen molar-refractivity contribution in [3.63, 3.8) is 0 Å². The van der Waals surface area contributed by atoms with Gasteiger partial charge in [-0.1, -0.05) is 84.9 Å². The summed E-state index contributed by atoms with van der Waals surface area (Å²) in [7, 11) is -4.64. The van der Waals surface area contributed by atoms with Gasteiger partial charge in [-0.25, -0.2) is 4.57 Å². The predicted molar refractivity (Wildman–Crippen MR) is 91.6 cm³/mol. The maximum atomic E-state index is 8.88. The van der Waals surface area contributed by atoms with Crippen molar-refractivity contribution in [2.75, 3.05) is 0 Å². The standard InChI is InChI=1S/C18H14.H3O4P/c1-3-9-15(10-4-1)17-13-7-8-14-18(17)16-11-5-2-6-12-16;1-5(2,3)4/h1-14H;(H3,1,2,3,4). The summed E-state index contributed by atoms with van der Waals surface area (Å²) in [5.41, 5.74) is 5.09. The first kappa shape index (κ1) is 17.1. The Kier molecular flexibility index (Phi) is 5.85. The second-order valence-electron chi connectivity index (χ2n) is 4.79. The lowest BCUT2D eigenvalue weighted by Gasteiger charge is -2.09. The number of rotatable bonds is 2. The largest absolute Gasteiger partial charge is 0.466 e. The molecule has 118 valence electrons. The van der Waals surface area contributed by atoms with Gasteiger partial charge < -0.3 is 14.7 Å². The van der Waals surface area contributed by atoms with Crippen molar-refractivity contribution in [3.8, 4) is 22.3 Å². The highest BCUT2D eigenvalue weighted by Crippen LogP contribution is 2.31. The number of phosphoric acid groups is 1. The van der Waals surface area contributed by atoms with Crippen molar-refractivity contribution in [2.45, 2.75) is 0 Å². The Balaban J connectivity index is 0.000000338. The van der Waals surface area contributed by atoms with E-state index >= 15 is 0 Å². The van der Waals surface area contributed by atoms with Crippen LogP contribution in [0, 0.1) is 0 Å². The number of benzene rings is 3. The molecule has 0 bridgehead atoms. The molecular weight excluding hydrogens is 311 g/mol. The number of hydrogen-bond acceptors (Lipinski definition) is 1. The van der Waals surface area contributed by atoms with E-state index < -0.39 is 7.82 Å². The van der Waals surface area contributed by atoms with Crippen molar-refractivity contribution < 1.29 is 19.2 Å². The van der Waals surface area contributed by atoms with Crippen LogP contribution in [0.3, 0.4) is 0 Å². The van der Waals surface area contributed by atoms with Gasteiger partial charge in [0, 0.05) is 0 Å². The van der Waals surface area contributed by atoms with Crippen molar-refractivity contribution in [3.05, 3.63) is 84.9 Å². The van der Waals surface area contributed by atoms with Gasteiger partial charge in [0.25, 0.3) is 0 Å².